The largest absolute Gasteiger partial charge is 0.326 e. The summed E-state index contributed by atoms with van der Waals surface area (Å²) in [4.78, 5) is 17.7. The fourth-order valence-electron chi connectivity index (χ4n) is 1.25. The Hall–Kier alpha value is -1.68. The Bertz CT molecular complexity index is 533. The van der Waals surface area contributed by atoms with Crippen LogP contribution < -0.4 is 5.56 Å². The van der Waals surface area contributed by atoms with Crippen LogP contribution in [0.4, 0.5) is 4.39 Å². The summed E-state index contributed by atoms with van der Waals surface area (Å²) in [6.45, 7) is 0. The zero-order chi connectivity index (χ0) is 10.8. The van der Waals surface area contributed by atoms with Gasteiger partial charge in [0.1, 0.15) is 11.5 Å². The molecular weight excluding hydrogens is 219 g/mol. The van der Waals surface area contributed by atoms with E-state index in [1.807, 2.05) is 0 Å². The van der Waals surface area contributed by atoms with E-state index in [4.69, 9.17) is 11.6 Å². The summed E-state index contributed by atoms with van der Waals surface area (Å²) in [5, 5.41) is 0.232. The van der Waals surface area contributed by atoms with Crippen molar-refractivity contribution >= 4 is 11.6 Å². The molecule has 0 aliphatic heterocycles. The highest BCUT2D eigenvalue weighted by atomic mass is 35.5. The number of aromatic amines is 1. The SMILES string of the molecule is O=c1[nH]ccnc1-c1cc(F)cc(Cl)c1. The van der Waals surface area contributed by atoms with Crippen LogP contribution in [0.15, 0.2) is 35.4 Å². The number of rotatable bonds is 1. The minimum atomic E-state index is -0.498. The van der Waals surface area contributed by atoms with E-state index in [2.05, 4.69) is 9.97 Å². The van der Waals surface area contributed by atoms with Gasteiger partial charge in [0, 0.05) is 23.0 Å². The number of hydrogen-bond donors (Lipinski definition) is 1. The topological polar surface area (TPSA) is 45.8 Å². The van der Waals surface area contributed by atoms with Crippen molar-refractivity contribution in [3.63, 3.8) is 0 Å². The van der Waals surface area contributed by atoms with Gasteiger partial charge in [-0.3, -0.25) is 4.79 Å². The van der Waals surface area contributed by atoms with Crippen LogP contribution in [0.25, 0.3) is 11.3 Å². The molecule has 0 aliphatic rings. The molecule has 0 fully saturated rings. The monoisotopic (exact) mass is 224 g/mol. The molecule has 1 heterocycles. The van der Waals surface area contributed by atoms with Crippen LogP contribution >= 0.6 is 11.6 Å². The molecule has 76 valence electrons. The number of halogens is 2. The van der Waals surface area contributed by atoms with Gasteiger partial charge in [-0.2, -0.15) is 0 Å². The third-order valence-electron chi connectivity index (χ3n) is 1.84. The molecule has 1 N–H and O–H groups in total. The van der Waals surface area contributed by atoms with Crippen LogP contribution in [0.1, 0.15) is 0 Å². The molecule has 0 spiro atoms. The minimum Gasteiger partial charge on any atom is -0.326 e. The van der Waals surface area contributed by atoms with Gasteiger partial charge < -0.3 is 4.98 Å². The quantitative estimate of drug-likeness (QED) is 0.808. The van der Waals surface area contributed by atoms with Crippen LogP contribution in [0.2, 0.25) is 5.02 Å². The highest BCUT2D eigenvalue weighted by Gasteiger charge is 2.06. The van der Waals surface area contributed by atoms with E-state index in [0.29, 0.717) is 5.56 Å². The molecule has 0 aliphatic carbocycles. The summed E-state index contributed by atoms with van der Waals surface area (Å²) in [7, 11) is 0. The lowest BCUT2D eigenvalue weighted by Crippen LogP contribution is -2.09. The second-order valence-electron chi connectivity index (χ2n) is 2.93. The van der Waals surface area contributed by atoms with Gasteiger partial charge >= 0.3 is 0 Å². The van der Waals surface area contributed by atoms with E-state index in [0.717, 1.165) is 0 Å². The molecule has 2 aromatic rings. The van der Waals surface area contributed by atoms with Crippen LogP contribution in [0.3, 0.4) is 0 Å². The van der Waals surface area contributed by atoms with Crippen molar-refractivity contribution in [3.05, 3.63) is 51.8 Å². The van der Waals surface area contributed by atoms with Crippen molar-refractivity contribution in [2.24, 2.45) is 0 Å². The van der Waals surface area contributed by atoms with Gasteiger partial charge in [-0.05, 0) is 18.2 Å². The van der Waals surface area contributed by atoms with E-state index < -0.39 is 5.82 Å². The maximum absolute atomic E-state index is 13.0. The Kier molecular flexibility index (Phi) is 2.51. The number of nitrogens with zero attached hydrogens (tertiary/aromatic N) is 1. The smallest absolute Gasteiger partial charge is 0.274 e. The first kappa shape index (κ1) is 9.86. The lowest BCUT2D eigenvalue weighted by molar-refractivity contribution is 0.628. The van der Waals surface area contributed by atoms with E-state index in [-0.39, 0.29) is 16.3 Å². The lowest BCUT2D eigenvalue weighted by atomic mass is 10.1. The van der Waals surface area contributed by atoms with Crippen molar-refractivity contribution in [2.45, 2.75) is 0 Å². The Labute approximate surface area is 89.6 Å². The number of hydrogen-bond acceptors (Lipinski definition) is 2. The van der Waals surface area contributed by atoms with Crippen molar-refractivity contribution in [1.29, 1.82) is 0 Å². The molecule has 15 heavy (non-hydrogen) atoms. The Morgan fingerprint density at radius 1 is 1.33 bits per heavy atom. The minimum absolute atomic E-state index is 0.152. The zero-order valence-electron chi connectivity index (χ0n) is 7.50. The summed E-state index contributed by atoms with van der Waals surface area (Å²) in [6, 6.07) is 3.87. The van der Waals surface area contributed by atoms with Gasteiger partial charge in [0.2, 0.25) is 0 Å². The van der Waals surface area contributed by atoms with Gasteiger partial charge in [0.25, 0.3) is 5.56 Å². The first-order valence-electron chi connectivity index (χ1n) is 4.17. The first-order valence-corrected chi connectivity index (χ1v) is 4.55. The predicted octanol–water partition coefficient (Wildman–Crippen LogP) is 2.23. The molecule has 0 atom stereocenters. The first-order chi connectivity index (χ1) is 7.16. The molecule has 1 aromatic carbocycles. The molecule has 0 unspecified atom stereocenters. The summed E-state index contributed by atoms with van der Waals surface area (Å²) >= 11 is 5.67. The van der Waals surface area contributed by atoms with Crippen molar-refractivity contribution < 1.29 is 4.39 Å². The fourth-order valence-corrected chi connectivity index (χ4v) is 1.47. The van der Waals surface area contributed by atoms with Gasteiger partial charge in [-0.25, -0.2) is 9.37 Å². The molecule has 0 bridgehead atoms. The Morgan fingerprint density at radius 3 is 2.80 bits per heavy atom. The van der Waals surface area contributed by atoms with Gasteiger partial charge in [-0.1, -0.05) is 11.6 Å². The highest BCUT2D eigenvalue weighted by Crippen LogP contribution is 2.20. The van der Waals surface area contributed by atoms with E-state index in [9.17, 15) is 9.18 Å². The van der Waals surface area contributed by atoms with Gasteiger partial charge in [-0.15, -0.1) is 0 Å². The standard InChI is InChI=1S/C10H6ClFN2O/c11-7-3-6(4-8(12)5-7)9-10(15)14-2-1-13-9/h1-5H,(H,14,15). The number of benzene rings is 1. The van der Waals surface area contributed by atoms with Gasteiger partial charge in [0.05, 0.1) is 0 Å². The average Bonchev–Trinajstić information content (AvgIpc) is 2.16. The fraction of sp³-hybridized carbons (Fsp3) is 0. The van der Waals surface area contributed by atoms with E-state index in [1.54, 1.807) is 0 Å². The summed E-state index contributed by atoms with van der Waals surface area (Å²) < 4.78 is 13.0. The molecule has 0 saturated heterocycles. The Morgan fingerprint density at radius 2 is 2.13 bits per heavy atom. The molecule has 0 amide bonds. The van der Waals surface area contributed by atoms with Crippen molar-refractivity contribution in [1.82, 2.24) is 9.97 Å². The Balaban J connectivity index is 2.64. The maximum atomic E-state index is 13.0. The molecule has 5 heteroatoms. The highest BCUT2D eigenvalue weighted by molar-refractivity contribution is 6.30. The molecule has 2 rings (SSSR count). The third kappa shape index (κ3) is 2.05. The number of H-pyrrole nitrogens is 1. The molecule has 3 nitrogen and oxygen atoms in total. The second kappa shape index (κ2) is 3.82. The average molecular weight is 225 g/mol. The van der Waals surface area contributed by atoms with Crippen LogP contribution in [-0.2, 0) is 0 Å². The number of aromatic nitrogens is 2. The van der Waals surface area contributed by atoms with Gasteiger partial charge in [0.15, 0.2) is 0 Å². The summed E-state index contributed by atoms with van der Waals surface area (Å²) in [6.07, 6.45) is 2.84. The second-order valence-corrected chi connectivity index (χ2v) is 3.36. The van der Waals surface area contributed by atoms with Crippen LogP contribution in [0.5, 0.6) is 0 Å². The van der Waals surface area contributed by atoms with E-state index in [1.165, 1.54) is 30.6 Å². The van der Waals surface area contributed by atoms with Crippen molar-refractivity contribution in [2.75, 3.05) is 0 Å². The van der Waals surface area contributed by atoms with Crippen LogP contribution in [-0.4, -0.2) is 9.97 Å². The zero-order valence-corrected chi connectivity index (χ0v) is 8.25. The maximum Gasteiger partial charge on any atom is 0.274 e. The third-order valence-corrected chi connectivity index (χ3v) is 2.06. The molecular formula is C10H6ClFN2O. The normalized spacial score (nSPS) is 10.3. The predicted molar refractivity (Wildman–Crippen MR) is 55.3 cm³/mol. The van der Waals surface area contributed by atoms with Crippen molar-refractivity contribution in [3.8, 4) is 11.3 Å². The molecule has 1 aromatic heterocycles. The van der Waals surface area contributed by atoms with E-state index >= 15 is 0 Å². The summed E-state index contributed by atoms with van der Waals surface area (Å²) in [5.74, 6) is -0.498. The molecule has 0 radical (unpaired) electrons. The number of nitrogens with one attached hydrogen (secondary N) is 1. The lowest BCUT2D eigenvalue weighted by Gasteiger charge is -2.00. The van der Waals surface area contributed by atoms with Crippen LogP contribution in [0, 0.1) is 5.82 Å². The summed E-state index contributed by atoms with van der Waals surface area (Å²) in [5.41, 5.74) is 0.139. The molecule has 0 saturated carbocycles.